The van der Waals surface area contributed by atoms with Gasteiger partial charge in [-0.2, -0.15) is 0 Å². The van der Waals surface area contributed by atoms with Gasteiger partial charge in [-0.1, -0.05) is 26.0 Å². The first-order valence-corrected chi connectivity index (χ1v) is 13.0. The summed E-state index contributed by atoms with van der Waals surface area (Å²) >= 11 is 0. The molecule has 1 aromatic carbocycles. The Morgan fingerprint density at radius 3 is 2.16 bits per heavy atom. The van der Waals surface area contributed by atoms with Crippen molar-refractivity contribution >= 4 is 18.1 Å². The standard InChI is InChI=1S/C27H44N4O6/c1-20(2)11-12-28-23(33)27(6,19-21-7-9-22(32)10-8-21)31(24(34)35)18-15-29-13-16-30(17-14-29)25(36)37-26(3,4)5/h7-10,20,32H,11-19H2,1-6H3,(H,28,33)(H,34,35). The van der Waals surface area contributed by atoms with Gasteiger partial charge in [-0.15, -0.1) is 0 Å². The zero-order valence-electron chi connectivity index (χ0n) is 23.1. The second-order valence-electron chi connectivity index (χ2n) is 11.3. The quantitative estimate of drug-likeness (QED) is 0.432. The highest BCUT2D eigenvalue weighted by molar-refractivity contribution is 5.89. The summed E-state index contributed by atoms with van der Waals surface area (Å²) in [6, 6.07) is 6.46. The average molecular weight is 521 g/mol. The second-order valence-corrected chi connectivity index (χ2v) is 11.3. The number of nitrogens with zero attached hydrogens (tertiary/aromatic N) is 3. The Morgan fingerprint density at radius 2 is 1.65 bits per heavy atom. The number of carbonyl (C=O) groups excluding carboxylic acids is 2. The smallest absolute Gasteiger partial charge is 0.410 e. The molecule has 37 heavy (non-hydrogen) atoms. The molecular weight excluding hydrogens is 476 g/mol. The van der Waals surface area contributed by atoms with Crippen LogP contribution in [0.25, 0.3) is 0 Å². The van der Waals surface area contributed by atoms with Crippen LogP contribution in [-0.4, -0.2) is 100.0 Å². The van der Waals surface area contributed by atoms with Crippen molar-refractivity contribution in [2.24, 2.45) is 5.92 Å². The Morgan fingerprint density at radius 1 is 1.05 bits per heavy atom. The van der Waals surface area contributed by atoms with Gasteiger partial charge in [0.15, 0.2) is 0 Å². The summed E-state index contributed by atoms with van der Waals surface area (Å²) < 4.78 is 5.45. The Labute approximate surface area is 220 Å². The van der Waals surface area contributed by atoms with Gasteiger partial charge in [0.25, 0.3) is 0 Å². The number of ether oxygens (including phenoxy) is 1. The molecular formula is C27H44N4O6. The molecule has 0 spiro atoms. The van der Waals surface area contributed by atoms with E-state index in [4.69, 9.17) is 4.74 Å². The Balaban J connectivity index is 2.11. The number of nitrogens with one attached hydrogen (secondary N) is 1. The third-order valence-corrected chi connectivity index (χ3v) is 6.47. The number of benzene rings is 1. The van der Waals surface area contributed by atoms with Crippen LogP contribution in [0.2, 0.25) is 0 Å². The van der Waals surface area contributed by atoms with E-state index in [2.05, 4.69) is 24.1 Å². The molecule has 0 aliphatic carbocycles. The van der Waals surface area contributed by atoms with Crippen LogP contribution in [0.4, 0.5) is 9.59 Å². The van der Waals surface area contributed by atoms with Crippen LogP contribution in [0, 0.1) is 5.92 Å². The maximum Gasteiger partial charge on any atom is 0.410 e. The van der Waals surface area contributed by atoms with Crippen molar-refractivity contribution in [2.45, 2.75) is 65.5 Å². The molecule has 0 radical (unpaired) electrons. The fourth-order valence-corrected chi connectivity index (χ4v) is 4.25. The van der Waals surface area contributed by atoms with Crippen LogP contribution in [0.3, 0.4) is 0 Å². The van der Waals surface area contributed by atoms with Crippen molar-refractivity contribution in [3.63, 3.8) is 0 Å². The van der Waals surface area contributed by atoms with Crippen LogP contribution >= 0.6 is 0 Å². The zero-order chi connectivity index (χ0) is 27.8. The third kappa shape index (κ3) is 9.42. The number of hydrogen-bond acceptors (Lipinski definition) is 6. The van der Waals surface area contributed by atoms with Crippen LogP contribution in [-0.2, 0) is 16.0 Å². The number of carboxylic acid groups (broad SMARTS) is 1. The van der Waals surface area contributed by atoms with Crippen molar-refractivity contribution in [1.29, 1.82) is 0 Å². The lowest BCUT2D eigenvalue weighted by Gasteiger charge is -2.41. The third-order valence-electron chi connectivity index (χ3n) is 6.47. The average Bonchev–Trinajstić information content (AvgIpc) is 2.79. The van der Waals surface area contributed by atoms with E-state index < -0.39 is 17.2 Å². The first kappa shape index (κ1) is 30.2. The van der Waals surface area contributed by atoms with Gasteiger partial charge in [0.2, 0.25) is 5.91 Å². The Kier molecular flexibility index (Phi) is 10.6. The van der Waals surface area contributed by atoms with E-state index in [1.54, 1.807) is 24.0 Å². The summed E-state index contributed by atoms with van der Waals surface area (Å²) in [6.07, 6.45) is -0.568. The van der Waals surface area contributed by atoms with Gasteiger partial charge in [0, 0.05) is 52.2 Å². The van der Waals surface area contributed by atoms with Crippen LogP contribution < -0.4 is 5.32 Å². The highest BCUT2D eigenvalue weighted by atomic mass is 16.6. The van der Waals surface area contributed by atoms with Crippen molar-refractivity contribution in [2.75, 3.05) is 45.8 Å². The molecule has 1 aliphatic rings. The fourth-order valence-electron chi connectivity index (χ4n) is 4.25. The number of carbonyl (C=O) groups is 3. The molecule has 2 rings (SSSR count). The first-order valence-electron chi connectivity index (χ1n) is 13.0. The predicted octanol–water partition coefficient (Wildman–Crippen LogP) is 3.39. The normalized spacial score (nSPS) is 16.2. The van der Waals surface area contributed by atoms with E-state index in [9.17, 15) is 24.6 Å². The highest BCUT2D eigenvalue weighted by Gasteiger charge is 2.42. The summed E-state index contributed by atoms with van der Waals surface area (Å²) in [5.41, 5.74) is -1.16. The summed E-state index contributed by atoms with van der Waals surface area (Å²) in [5.74, 6) is 0.157. The SMILES string of the molecule is CC(C)CCNC(=O)C(C)(Cc1ccc(O)cc1)N(CCN1CCN(C(=O)OC(C)(C)C)CC1)C(=O)O. The van der Waals surface area contributed by atoms with Gasteiger partial charge >= 0.3 is 12.2 Å². The van der Waals surface area contributed by atoms with Crippen molar-refractivity contribution in [3.8, 4) is 5.75 Å². The number of piperazine rings is 1. The molecule has 3 N–H and O–H groups in total. The van der Waals surface area contributed by atoms with E-state index in [-0.39, 0.29) is 30.7 Å². The van der Waals surface area contributed by atoms with Crippen molar-refractivity contribution in [1.82, 2.24) is 20.0 Å². The molecule has 1 atom stereocenters. The van der Waals surface area contributed by atoms with Crippen molar-refractivity contribution < 1.29 is 29.3 Å². The zero-order valence-corrected chi connectivity index (χ0v) is 23.1. The molecule has 1 heterocycles. The van der Waals surface area contributed by atoms with Gasteiger partial charge < -0.3 is 25.2 Å². The molecule has 0 bridgehead atoms. The number of amides is 3. The van der Waals surface area contributed by atoms with Crippen LogP contribution in [0.5, 0.6) is 5.75 Å². The summed E-state index contributed by atoms with van der Waals surface area (Å²) in [5, 5.41) is 22.7. The fraction of sp³-hybridized carbons (Fsp3) is 0.667. The largest absolute Gasteiger partial charge is 0.508 e. The molecule has 1 fully saturated rings. The number of hydrogen-bond donors (Lipinski definition) is 3. The van der Waals surface area contributed by atoms with Crippen molar-refractivity contribution in [3.05, 3.63) is 29.8 Å². The monoisotopic (exact) mass is 520 g/mol. The summed E-state index contributed by atoms with van der Waals surface area (Å²) in [7, 11) is 0. The van der Waals surface area contributed by atoms with E-state index in [0.717, 1.165) is 12.0 Å². The number of phenolic OH excluding ortho intramolecular Hbond substituents is 1. The second kappa shape index (κ2) is 13.0. The number of aromatic hydroxyl groups is 1. The Bertz CT molecular complexity index is 906. The predicted molar refractivity (Wildman–Crippen MR) is 142 cm³/mol. The lowest BCUT2D eigenvalue weighted by molar-refractivity contribution is -0.131. The van der Waals surface area contributed by atoms with E-state index in [1.807, 2.05) is 20.8 Å². The first-order chi connectivity index (χ1) is 17.2. The molecule has 0 saturated carbocycles. The van der Waals surface area contributed by atoms with Gasteiger partial charge in [0.1, 0.15) is 16.9 Å². The molecule has 1 aliphatic heterocycles. The molecule has 1 saturated heterocycles. The molecule has 3 amide bonds. The summed E-state index contributed by atoms with van der Waals surface area (Å²) in [4.78, 5) is 43.2. The topological polar surface area (TPSA) is 123 Å². The number of phenols is 1. The lowest BCUT2D eigenvalue weighted by atomic mass is 9.89. The molecule has 0 aromatic heterocycles. The van der Waals surface area contributed by atoms with Gasteiger partial charge in [-0.05, 0) is 57.7 Å². The molecule has 10 heteroatoms. The maximum atomic E-state index is 13.4. The van der Waals surface area contributed by atoms with E-state index in [1.165, 1.54) is 17.0 Å². The van der Waals surface area contributed by atoms with Crippen LogP contribution in [0.15, 0.2) is 24.3 Å². The van der Waals surface area contributed by atoms with Crippen LogP contribution in [0.1, 0.15) is 53.5 Å². The van der Waals surface area contributed by atoms with Gasteiger partial charge in [0.05, 0.1) is 0 Å². The van der Waals surface area contributed by atoms with Gasteiger partial charge in [-0.3, -0.25) is 14.6 Å². The van der Waals surface area contributed by atoms with E-state index in [0.29, 0.717) is 45.2 Å². The minimum atomic E-state index is -1.35. The molecule has 208 valence electrons. The Hall–Kier alpha value is -3.01. The van der Waals surface area contributed by atoms with Gasteiger partial charge in [-0.25, -0.2) is 9.59 Å². The minimum absolute atomic E-state index is 0.104. The molecule has 1 unspecified atom stereocenters. The minimum Gasteiger partial charge on any atom is -0.508 e. The van der Waals surface area contributed by atoms with E-state index >= 15 is 0 Å². The lowest BCUT2D eigenvalue weighted by Crippen LogP contribution is -2.62. The molecule has 1 aromatic rings. The molecule has 10 nitrogen and oxygen atoms in total. The summed E-state index contributed by atoms with van der Waals surface area (Å²) in [6.45, 7) is 14.4. The highest BCUT2D eigenvalue weighted by Crippen LogP contribution is 2.24. The number of rotatable bonds is 10. The maximum absolute atomic E-state index is 13.4.